The third-order valence-corrected chi connectivity index (χ3v) is 6.93. The number of benzene rings is 2. The maximum absolute atomic E-state index is 13.7. The minimum absolute atomic E-state index is 0.144. The van der Waals surface area contributed by atoms with Crippen molar-refractivity contribution in [1.82, 2.24) is 4.90 Å². The molecule has 32 heavy (non-hydrogen) atoms. The fourth-order valence-corrected chi connectivity index (χ4v) is 4.98. The molecule has 0 unspecified atom stereocenters. The van der Waals surface area contributed by atoms with Gasteiger partial charge in [-0.25, -0.2) is 4.79 Å². The molecule has 0 bridgehead atoms. The highest BCUT2D eigenvalue weighted by atomic mass is 16.5. The second-order valence-corrected chi connectivity index (χ2v) is 8.85. The molecule has 0 spiro atoms. The van der Waals surface area contributed by atoms with Crippen LogP contribution >= 0.6 is 0 Å². The highest BCUT2D eigenvalue weighted by Gasteiger charge is 2.48. The van der Waals surface area contributed by atoms with Gasteiger partial charge in [0.25, 0.3) is 0 Å². The second-order valence-electron chi connectivity index (χ2n) is 8.85. The van der Waals surface area contributed by atoms with Crippen molar-refractivity contribution in [2.45, 2.75) is 64.6 Å². The topological polar surface area (TPSA) is 96.7 Å². The monoisotopic (exact) mass is 436 g/mol. The second kappa shape index (κ2) is 8.82. The Labute approximate surface area is 189 Å². The van der Waals surface area contributed by atoms with Crippen molar-refractivity contribution in [2.75, 3.05) is 17.7 Å². The van der Waals surface area contributed by atoms with E-state index < -0.39 is 5.54 Å². The first-order chi connectivity index (χ1) is 15.4. The van der Waals surface area contributed by atoms with E-state index in [0.717, 1.165) is 53.0 Å². The molecule has 1 aliphatic heterocycles. The van der Waals surface area contributed by atoms with Crippen molar-refractivity contribution in [2.24, 2.45) is 5.73 Å². The number of ether oxygens (including phenoxy) is 1. The van der Waals surface area contributed by atoms with Gasteiger partial charge in [0.1, 0.15) is 11.3 Å². The number of hydrogen-bond acceptors (Lipinski definition) is 4. The van der Waals surface area contributed by atoms with Gasteiger partial charge in [0.05, 0.1) is 19.3 Å². The summed E-state index contributed by atoms with van der Waals surface area (Å²) in [4.78, 5) is 28.8. The summed E-state index contributed by atoms with van der Waals surface area (Å²) in [7, 11) is 1.62. The predicted octanol–water partition coefficient (Wildman–Crippen LogP) is 4.46. The highest BCUT2D eigenvalue weighted by molar-refractivity contribution is 6.03. The van der Waals surface area contributed by atoms with Crippen LogP contribution in [0.3, 0.4) is 0 Å². The Balaban J connectivity index is 1.69. The zero-order valence-corrected chi connectivity index (χ0v) is 19.1. The Kier molecular flexibility index (Phi) is 6.11. The van der Waals surface area contributed by atoms with Crippen molar-refractivity contribution in [3.63, 3.8) is 0 Å². The average molecular weight is 437 g/mol. The molecule has 1 saturated carbocycles. The molecule has 2 aliphatic rings. The van der Waals surface area contributed by atoms with Crippen molar-refractivity contribution in [3.8, 4) is 5.75 Å². The number of nitrogens with two attached hydrogens (primary N) is 1. The van der Waals surface area contributed by atoms with Crippen LogP contribution in [0.2, 0.25) is 0 Å². The Bertz CT molecular complexity index is 1040. The van der Waals surface area contributed by atoms with E-state index in [1.54, 1.807) is 12.0 Å². The molecule has 1 heterocycles. The number of nitrogens with one attached hydrogen (secondary N) is 2. The lowest BCUT2D eigenvalue weighted by Gasteiger charge is -2.47. The Morgan fingerprint density at radius 1 is 1.16 bits per heavy atom. The number of carbonyl (C=O) groups is 2. The first-order valence-electron chi connectivity index (χ1n) is 11.3. The van der Waals surface area contributed by atoms with Crippen LogP contribution in [-0.4, -0.2) is 29.5 Å². The van der Waals surface area contributed by atoms with Gasteiger partial charge in [0, 0.05) is 18.3 Å². The number of carbonyl (C=O) groups excluding carboxylic acids is 2. The first-order valence-corrected chi connectivity index (χ1v) is 11.3. The molecule has 1 aliphatic carbocycles. The summed E-state index contributed by atoms with van der Waals surface area (Å²) in [5, 5.41) is 6.12. The Morgan fingerprint density at radius 3 is 2.56 bits per heavy atom. The van der Waals surface area contributed by atoms with Gasteiger partial charge in [-0.15, -0.1) is 0 Å². The number of methoxy groups -OCH3 is 1. The van der Waals surface area contributed by atoms with Crippen molar-refractivity contribution in [1.29, 1.82) is 0 Å². The van der Waals surface area contributed by atoms with Crippen LogP contribution in [0, 0.1) is 13.8 Å². The molecule has 4 rings (SSSR count). The van der Waals surface area contributed by atoms with Crippen LogP contribution < -0.4 is 21.1 Å². The van der Waals surface area contributed by atoms with E-state index in [1.807, 2.05) is 44.2 Å². The third-order valence-electron chi connectivity index (χ3n) is 6.93. The molecule has 7 heteroatoms. The zero-order valence-electron chi connectivity index (χ0n) is 19.1. The van der Waals surface area contributed by atoms with Crippen molar-refractivity contribution in [3.05, 3.63) is 52.6 Å². The minimum atomic E-state index is -0.900. The number of rotatable bonds is 5. The number of nitrogens with zero attached hydrogens (tertiary/aromatic N) is 1. The van der Waals surface area contributed by atoms with Gasteiger partial charge in [-0.05, 0) is 55.0 Å². The molecular formula is C25H32N4O3. The third kappa shape index (κ3) is 3.81. The van der Waals surface area contributed by atoms with Crippen LogP contribution in [0.1, 0.15) is 54.4 Å². The number of hydrogen-bond donors (Lipinski definition) is 3. The summed E-state index contributed by atoms with van der Waals surface area (Å²) in [6.45, 7) is 4.73. The molecule has 0 radical (unpaired) electrons. The lowest BCUT2D eigenvalue weighted by atomic mass is 9.78. The van der Waals surface area contributed by atoms with E-state index in [1.165, 1.54) is 0 Å². The average Bonchev–Trinajstić information content (AvgIpc) is 2.80. The SMILES string of the molecule is COc1cc(NC(=O)C2(N3Cc4c(C)ccc(CN)c4NC3=O)CCCCC2)ccc1C. The molecule has 2 aromatic rings. The lowest BCUT2D eigenvalue weighted by Crippen LogP contribution is -2.61. The van der Waals surface area contributed by atoms with E-state index in [-0.39, 0.29) is 11.9 Å². The van der Waals surface area contributed by atoms with Crippen LogP contribution in [-0.2, 0) is 17.9 Å². The maximum atomic E-state index is 13.7. The number of aryl methyl sites for hydroxylation is 2. The number of fused-ring (bicyclic) bond motifs is 1. The standard InChI is InChI=1S/C25H32N4O3/c1-16-7-9-18(14-26)22-20(16)15-29(24(31)28-22)25(11-5-4-6-12-25)23(30)27-19-10-8-17(2)21(13-19)32-3/h7-10,13H,4-6,11-12,14-15,26H2,1-3H3,(H,27,30)(H,28,31). The number of anilines is 2. The molecule has 7 nitrogen and oxygen atoms in total. The van der Waals surface area contributed by atoms with Gasteiger partial charge in [-0.1, -0.05) is 37.5 Å². The Morgan fingerprint density at radius 2 is 1.88 bits per heavy atom. The van der Waals surface area contributed by atoms with Gasteiger partial charge in [0.15, 0.2) is 0 Å². The van der Waals surface area contributed by atoms with E-state index >= 15 is 0 Å². The molecule has 2 aromatic carbocycles. The van der Waals surface area contributed by atoms with Crippen molar-refractivity contribution < 1.29 is 14.3 Å². The van der Waals surface area contributed by atoms with Gasteiger partial charge in [-0.3, -0.25) is 4.79 Å². The van der Waals surface area contributed by atoms with Crippen molar-refractivity contribution >= 4 is 23.3 Å². The molecule has 0 atom stereocenters. The molecule has 3 amide bonds. The Hall–Kier alpha value is -3.06. The molecule has 4 N–H and O–H groups in total. The summed E-state index contributed by atoms with van der Waals surface area (Å²) < 4.78 is 5.41. The summed E-state index contributed by atoms with van der Waals surface area (Å²) in [6, 6.07) is 9.36. The largest absolute Gasteiger partial charge is 0.496 e. The predicted molar refractivity (Wildman–Crippen MR) is 126 cm³/mol. The quantitative estimate of drug-likeness (QED) is 0.645. The maximum Gasteiger partial charge on any atom is 0.323 e. The minimum Gasteiger partial charge on any atom is -0.496 e. The molecular weight excluding hydrogens is 404 g/mol. The van der Waals surface area contributed by atoms with Crippen LogP contribution in [0.4, 0.5) is 16.2 Å². The van der Waals surface area contributed by atoms with Crippen LogP contribution in [0.25, 0.3) is 0 Å². The summed E-state index contributed by atoms with van der Waals surface area (Å²) >= 11 is 0. The zero-order chi connectivity index (χ0) is 22.9. The molecule has 0 saturated heterocycles. The normalized spacial score (nSPS) is 17.4. The fraction of sp³-hybridized carbons (Fsp3) is 0.440. The van der Waals surface area contributed by atoms with Gasteiger partial charge < -0.3 is 26.0 Å². The van der Waals surface area contributed by atoms with E-state index in [0.29, 0.717) is 31.6 Å². The highest BCUT2D eigenvalue weighted by Crippen LogP contribution is 2.40. The summed E-state index contributed by atoms with van der Waals surface area (Å²) in [5.41, 5.74) is 10.5. The number of urea groups is 1. The van der Waals surface area contributed by atoms with Crippen LogP contribution in [0.5, 0.6) is 5.75 Å². The van der Waals surface area contributed by atoms with Crippen LogP contribution in [0.15, 0.2) is 30.3 Å². The van der Waals surface area contributed by atoms with E-state index in [4.69, 9.17) is 10.5 Å². The van der Waals surface area contributed by atoms with Gasteiger partial charge >= 0.3 is 6.03 Å². The van der Waals surface area contributed by atoms with E-state index in [2.05, 4.69) is 10.6 Å². The lowest BCUT2D eigenvalue weighted by molar-refractivity contribution is -0.128. The fourth-order valence-electron chi connectivity index (χ4n) is 4.98. The molecule has 0 aromatic heterocycles. The summed E-state index contributed by atoms with van der Waals surface area (Å²) in [6.07, 6.45) is 4.16. The molecule has 170 valence electrons. The first kappa shape index (κ1) is 22.1. The molecule has 1 fully saturated rings. The number of amides is 3. The van der Waals surface area contributed by atoms with Gasteiger partial charge in [0.2, 0.25) is 5.91 Å². The summed E-state index contributed by atoms with van der Waals surface area (Å²) in [5.74, 6) is 0.574. The van der Waals surface area contributed by atoms with E-state index in [9.17, 15) is 9.59 Å². The van der Waals surface area contributed by atoms with Gasteiger partial charge in [-0.2, -0.15) is 0 Å². The smallest absolute Gasteiger partial charge is 0.323 e.